The van der Waals surface area contributed by atoms with Crippen LogP contribution < -0.4 is 0 Å². The van der Waals surface area contributed by atoms with Gasteiger partial charge < -0.3 is 4.57 Å². The van der Waals surface area contributed by atoms with Crippen LogP contribution in [0.4, 0.5) is 0 Å². The van der Waals surface area contributed by atoms with E-state index in [4.69, 9.17) is 0 Å². The number of rotatable bonds is 2. The summed E-state index contributed by atoms with van der Waals surface area (Å²) in [6.07, 6.45) is 0. The van der Waals surface area contributed by atoms with Gasteiger partial charge in [-0.1, -0.05) is 0 Å². The lowest BCUT2D eigenvalue weighted by atomic mass is 10.0. The molecule has 0 amide bonds. The highest BCUT2D eigenvalue weighted by molar-refractivity contribution is 5.18. The molecule has 1 aromatic heterocycles. The number of imidazole rings is 1. The van der Waals surface area contributed by atoms with Crippen molar-refractivity contribution in [3.8, 4) is 0 Å². The van der Waals surface area contributed by atoms with E-state index in [2.05, 4.69) is 63.3 Å². The van der Waals surface area contributed by atoms with Gasteiger partial charge in [-0.15, -0.1) is 0 Å². The molecule has 0 aromatic carbocycles. The molecule has 1 rings (SSSR count). The lowest BCUT2D eigenvalue weighted by molar-refractivity contribution is 0.181. The van der Waals surface area contributed by atoms with Crippen molar-refractivity contribution in [3.63, 3.8) is 0 Å². The predicted octanol–water partition coefficient (Wildman–Crippen LogP) is 1.83. The summed E-state index contributed by atoms with van der Waals surface area (Å²) in [5, 5.41) is 0. The summed E-state index contributed by atoms with van der Waals surface area (Å²) in [6, 6.07) is 0. The van der Waals surface area contributed by atoms with Gasteiger partial charge in [-0.25, -0.2) is 4.98 Å². The van der Waals surface area contributed by atoms with E-state index >= 15 is 0 Å². The van der Waals surface area contributed by atoms with Crippen molar-refractivity contribution >= 4 is 0 Å². The Kier molecular flexibility index (Phi) is 2.72. The molecule has 3 heteroatoms. The third-order valence-corrected chi connectivity index (χ3v) is 3.28. The highest BCUT2D eigenvalue weighted by atomic mass is 15.2. The zero-order valence-corrected chi connectivity index (χ0v) is 10.3. The van der Waals surface area contributed by atoms with Crippen molar-refractivity contribution in [3.05, 3.63) is 17.2 Å². The molecule has 0 atom stereocenters. The van der Waals surface area contributed by atoms with Gasteiger partial charge in [0.1, 0.15) is 5.82 Å². The fraction of sp³-hybridized carbons (Fsp3) is 0.727. The van der Waals surface area contributed by atoms with Crippen LogP contribution >= 0.6 is 0 Å². The Hall–Kier alpha value is -0.830. The Bertz CT molecular complexity index is 335. The number of hydrogen-bond acceptors (Lipinski definition) is 2. The molecule has 0 fully saturated rings. The summed E-state index contributed by atoms with van der Waals surface area (Å²) in [4.78, 5) is 6.81. The van der Waals surface area contributed by atoms with Gasteiger partial charge in [0.15, 0.2) is 0 Å². The Morgan fingerprint density at radius 1 is 1.21 bits per heavy atom. The van der Waals surface area contributed by atoms with Gasteiger partial charge >= 0.3 is 0 Å². The first-order chi connectivity index (χ1) is 6.28. The smallest absolute Gasteiger partial charge is 0.128 e. The molecule has 1 heterocycles. The van der Waals surface area contributed by atoms with Crippen LogP contribution in [0.2, 0.25) is 0 Å². The molecule has 80 valence electrons. The molecule has 0 aliphatic heterocycles. The lowest BCUT2D eigenvalue weighted by Crippen LogP contribution is -2.37. The zero-order chi connectivity index (χ0) is 11.1. The Balaban J connectivity index is 3.26. The molecular weight excluding hydrogens is 174 g/mol. The molecular formula is C11H21N3. The minimum Gasteiger partial charge on any atom is -0.334 e. The average molecular weight is 195 g/mol. The second-order valence-electron chi connectivity index (χ2n) is 4.62. The first-order valence-corrected chi connectivity index (χ1v) is 4.96. The molecule has 0 N–H and O–H groups in total. The van der Waals surface area contributed by atoms with Crippen molar-refractivity contribution in [2.24, 2.45) is 7.05 Å². The average Bonchev–Trinajstić information content (AvgIpc) is 2.33. The quantitative estimate of drug-likeness (QED) is 0.718. The van der Waals surface area contributed by atoms with Gasteiger partial charge in [-0.05, 0) is 41.8 Å². The fourth-order valence-corrected chi connectivity index (χ4v) is 1.46. The van der Waals surface area contributed by atoms with E-state index in [-0.39, 0.29) is 5.54 Å². The number of nitrogens with zero attached hydrogens (tertiary/aromatic N) is 3. The first kappa shape index (κ1) is 11.2. The Labute approximate surface area is 86.7 Å². The summed E-state index contributed by atoms with van der Waals surface area (Å²) in [5.74, 6) is 1.12. The molecule has 0 saturated carbocycles. The number of hydrogen-bond donors (Lipinski definition) is 0. The van der Waals surface area contributed by atoms with Crippen molar-refractivity contribution in [1.29, 1.82) is 0 Å². The summed E-state index contributed by atoms with van der Waals surface area (Å²) < 4.78 is 2.18. The zero-order valence-electron chi connectivity index (χ0n) is 10.3. The molecule has 3 nitrogen and oxygen atoms in total. The van der Waals surface area contributed by atoms with E-state index in [0.717, 1.165) is 11.5 Å². The SMILES string of the molecule is Cc1nc(C(C)(C)N(C)C)n(C)c1C. The van der Waals surface area contributed by atoms with Crippen LogP contribution in [-0.2, 0) is 12.6 Å². The molecule has 14 heavy (non-hydrogen) atoms. The van der Waals surface area contributed by atoms with Crippen LogP contribution in [0, 0.1) is 13.8 Å². The van der Waals surface area contributed by atoms with Crippen LogP contribution in [0.1, 0.15) is 31.1 Å². The van der Waals surface area contributed by atoms with E-state index < -0.39 is 0 Å². The maximum Gasteiger partial charge on any atom is 0.128 e. The highest BCUT2D eigenvalue weighted by Crippen LogP contribution is 2.25. The van der Waals surface area contributed by atoms with Gasteiger partial charge in [-0.2, -0.15) is 0 Å². The second-order valence-corrected chi connectivity index (χ2v) is 4.62. The van der Waals surface area contributed by atoms with Crippen LogP contribution in [0.15, 0.2) is 0 Å². The van der Waals surface area contributed by atoms with Crippen molar-refractivity contribution < 1.29 is 0 Å². The van der Waals surface area contributed by atoms with Crippen LogP contribution in [0.3, 0.4) is 0 Å². The monoisotopic (exact) mass is 195 g/mol. The lowest BCUT2D eigenvalue weighted by Gasteiger charge is -2.31. The van der Waals surface area contributed by atoms with E-state index in [9.17, 15) is 0 Å². The van der Waals surface area contributed by atoms with Gasteiger partial charge in [-0.3, -0.25) is 4.90 Å². The van der Waals surface area contributed by atoms with Crippen LogP contribution in [0.25, 0.3) is 0 Å². The summed E-state index contributed by atoms with van der Waals surface area (Å²) >= 11 is 0. The largest absolute Gasteiger partial charge is 0.334 e. The molecule has 0 spiro atoms. The highest BCUT2D eigenvalue weighted by Gasteiger charge is 2.28. The number of aromatic nitrogens is 2. The van der Waals surface area contributed by atoms with Crippen molar-refractivity contribution in [1.82, 2.24) is 14.5 Å². The Morgan fingerprint density at radius 3 is 2.00 bits per heavy atom. The third-order valence-electron chi connectivity index (χ3n) is 3.28. The molecule has 1 aromatic rings. The molecule has 0 aliphatic rings. The normalized spacial score (nSPS) is 12.6. The molecule has 0 bridgehead atoms. The summed E-state index contributed by atoms with van der Waals surface area (Å²) in [5.41, 5.74) is 2.35. The van der Waals surface area contributed by atoms with E-state index in [1.54, 1.807) is 0 Å². The van der Waals surface area contributed by atoms with Crippen LogP contribution in [0.5, 0.6) is 0 Å². The predicted molar refractivity (Wildman–Crippen MR) is 59.4 cm³/mol. The maximum absolute atomic E-state index is 4.62. The van der Waals surface area contributed by atoms with Crippen molar-refractivity contribution in [2.75, 3.05) is 14.1 Å². The van der Waals surface area contributed by atoms with Crippen LogP contribution in [-0.4, -0.2) is 28.5 Å². The number of aryl methyl sites for hydroxylation is 1. The minimum atomic E-state index is -0.0201. The minimum absolute atomic E-state index is 0.0201. The summed E-state index contributed by atoms with van der Waals surface area (Å²) in [6.45, 7) is 8.55. The standard InChI is InChI=1S/C11H21N3/c1-8-9(2)14(7)10(12-8)11(3,4)13(5)6/h1-7H3. The van der Waals surface area contributed by atoms with E-state index in [1.807, 2.05) is 0 Å². The maximum atomic E-state index is 4.62. The van der Waals surface area contributed by atoms with Crippen molar-refractivity contribution in [2.45, 2.75) is 33.2 Å². The van der Waals surface area contributed by atoms with Gasteiger partial charge in [0.25, 0.3) is 0 Å². The van der Waals surface area contributed by atoms with Gasteiger partial charge in [0, 0.05) is 12.7 Å². The molecule has 0 radical (unpaired) electrons. The molecule has 0 unspecified atom stereocenters. The first-order valence-electron chi connectivity index (χ1n) is 4.96. The summed E-state index contributed by atoms with van der Waals surface area (Å²) in [7, 11) is 6.24. The third kappa shape index (κ3) is 1.57. The molecule has 0 aliphatic carbocycles. The second kappa shape index (κ2) is 3.39. The van der Waals surface area contributed by atoms with Gasteiger partial charge in [0.05, 0.1) is 11.2 Å². The van der Waals surface area contributed by atoms with E-state index in [0.29, 0.717) is 0 Å². The molecule has 0 saturated heterocycles. The topological polar surface area (TPSA) is 21.1 Å². The fourth-order valence-electron chi connectivity index (χ4n) is 1.46. The Morgan fingerprint density at radius 2 is 1.71 bits per heavy atom. The van der Waals surface area contributed by atoms with E-state index in [1.165, 1.54) is 5.69 Å². The van der Waals surface area contributed by atoms with Gasteiger partial charge in [0.2, 0.25) is 0 Å².